The lowest BCUT2D eigenvalue weighted by Crippen LogP contribution is -2.36. The van der Waals surface area contributed by atoms with Gasteiger partial charge in [-0.05, 0) is 31.4 Å². The summed E-state index contributed by atoms with van der Waals surface area (Å²) in [6, 6.07) is 4.09. The van der Waals surface area contributed by atoms with Crippen LogP contribution in [0.4, 0.5) is 5.69 Å². The van der Waals surface area contributed by atoms with Crippen molar-refractivity contribution in [3.05, 3.63) is 41.0 Å². The fraction of sp³-hybridized carbons (Fsp3) is 0.286. The molecule has 1 aliphatic heterocycles. The van der Waals surface area contributed by atoms with Crippen LogP contribution in [0.15, 0.2) is 24.3 Å². The van der Waals surface area contributed by atoms with Crippen molar-refractivity contribution in [2.24, 2.45) is 0 Å². The first-order valence-corrected chi connectivity index (χ1v) is 5.96. The molecule has 4 heteroatoms. The van der Waals surface area contributed by atoms with Crippen LogP contribution in [-0.4, -0.2) is 16.8 Å². The van der Waals surface area contributed by atoms with Gasteiger partial charge in [0.2, 0.25) is 0 Å². The summed E-state index contributed by atoms with van der Waals surface area (Å²) in [5, 5.41) is 1.04. The van der Waals surface area contributed by atoms with Gasteiger partial charge in [-0.2, -0.15) is 5.01 Å². The van der Waals surface area contributed by atoms with Gasteiger partial charge in [-0.25, -0.2) is 0 Å². The number of hydrogen-bond acceptors (Lipinski definition) is 3. The monoisotopic (exact) mass is 244 g/mol. The number of anilines is 1. The Morgan fingerprint density at radius 3 is 2.28 bits per heavy atom. The van der Waals surface area contributed by atoms with E-state index in [1.165, 1.54) is 17.7 Å². The minimum Gasteiger partial charge on any atom is -0.288 e. The van der Waals surface area contributed by atoms with Gasteiger partial charge in [-0.3, -0.25) is 15.0 Å². The van der Waals surface area contributed by atoms with Gasteiger partial charge in [0.1, 0.15) is 0 Å². The van der Waals surface area contributed by atoms with E-state index >= 15 is 0 Å². The zero-order chi connectivity index (χ0) is 13.3. The summed E-state index contributed by atoms with van der Waals surface area (Å²) < 4.78 is 0. The molecule has 1 N–H and O–H groups in total. The largest absolute Gasteiger partial charge is 0.288 e. The van der Waals surface area contributed by atoms with Crippen molar-refractivity contribution in [1.29, 1.82) is 0 Å². The van der Waals surface area contributed by atoms with Crippen LogP contribution in [-0.2, 0) is 16.0 Å². The number of benzene rings is 1. The Morgan fingerprint density at radius 2 is 1.72 bits per heavy atom. The first kappa shape index (κ1) is 12.4. The first-order chi connectivity index (χ1) is 8.52. The molecule has 0 aliphatic carbocycles. The molecule has 0 saturated carbocycles. The minimum absolute atomic E-state index is 0.331. The summed E-state index contributed by atoms with van der Waals surface area (Å²) in [6.07, 6.45) is 3.38. The van der Waals surface area contributed by atoms with Gasteiger partial charge in [0, 0.05) is 12.2 Å². The topological polar surface area (TPSA) is 49.4 Å². The highest BCUT2D eigenvalue weighted by Crippen LogP contribution is 2.24. The van der Waals surface area contributed by atoms with Crippen LogP contribution in [0.3, 0.4) is 0 Å². The Labute approximate surface area is 106 Å². The van der Waals surface area contributed by atoms with Crippen LogP contribution in [0.1, 0.15) is 23.6 Å². The molecule has 18 heavy (non-hydrogen) atoms. The van der Waals surface area contributed by atoms with Crippen molar-refractivity contribution in [1.82, 2.24) is 5.01 Å². The summed E-state index contributed by atoms with van der Waals surface area (Å²) in [7, 11) is 0. The maximum absolute atomic E-state index is 11.5. The predicted octanol–water partition coefficient (Wildman–Crippen LogP) is 2.12. The number of carbonyl (C=O) groups excluding carboxylic acids is 2. The Morgan fingerprint density at radius 1 is 1.11 bits per heavy atom. The van der Waals surface area contributed by atoms with Gasteiger partial charge in [0.25, 0.3) is 11.8 Å². The van der Waals surface area contributed by atoms with E-state index in [1.54, 1.807) is 0 Å². The quantitative estimate of drug-likeness (QED) is 0.828. The second kappa shape index (κ2) is 4.64. The lowest BCUT2D eigenvalue weighted by molar-refractivity contribution is -0.135. The van der Waals surface area contributed by atoms with Crippen LogP contribution >= 0.6 is 0 Å². The predicted molar refractivity (Wildman–Crippen MR) is 69.9 cm³/mol. The molecular formula is C14H16N2O2. The molecule has 2 amide bonds. The molecule has 1 heterocycles. The molecule has 0 unspecified atom stereocenters. The average molecular weight is 244 g/mol. The van der Waals surface area contributed by atoms with Crippen LogP contribution in [0, 0.1) is 13.8 Å². The van der Waals surface area contributed by atoms with Crippen molar-refractivity contribution >= 4 is 17.5 Å². The Bertz CT molecular complexity index is 529. The molecule has 0 bridgehead atoms. The molecule has 0 saturated heterocycles. The van der Waals surface area contributed by atoms with E-state index in [1.807, 2.05) is 26.8 Å². The third-order valence-corrected chi connectivity index (χ3v) is 2.98. The highest BCUT2D eigenvalue weighted by atomic mass is 16.2. The molecule has 0 radical (unpaired) electrons. The van der Waals surface area contributed by atoms with E-state index in [0.717, 1.165) is 28.2 Å². The normalized spacial score (nSPS) is 14.5. The molecular weight excluding hydrogens is 228 g/mol. The minimum atomic E-state index is -0.331. The maximum Gasteiger partial charge on any atom is 0.272 e. The summed E-state index contributed by atoms with van der Waals surface area (Å²) in [4.78, 5) is 23.0. The maximum atomic E-state index is 11.5. The van der Waals surface area contributed by atoms with E-state index in [-0.39, 0.29) is 11.8 Å². The zero-order valence-corrected chi connectivity index (χ0v) is 10.8. The standard InChI is InChI=1S/C14H16N2O2/c1-4-11-8-9(2)7-10(3)14(11)15-16-12(17)5-6-13(16)18/h5-8,15H,4H2,1-3H3. The van der Waals surface area contributed by atoms with Gasteiger partial charge in [0.05, 0.1) is 5.69 Å². The van der Waals surface area contributed by atoms with Crippen LogP contribution in [0.25, 0.3) is 0 Å². The van der Waals surface area contributed by atoms with E-state index in [4.69, 9.17) is 0 Å². The van der Waals surface area contributed by atoms with Crippen molar-refractivity contribution < 1.29 is 9.59 Å². The number of carbonyl (C=O) groups is 2. The molecule has 4 nitrogen and oxygen atoms in total. The Kier molecular flexibility index (Phi) is 3.19. The van der Waals surface area contributed by atoms with Crippen LogP contribution in [0.5, 0.6) is 0 Å². The van der Waals surface area contributed by atoms with Gasteiger partial charge in [-0.1, -0.05) is 24.6 Å². The number of amides is 2. The van der Waals surface area contributed by atoms with Crippen molar-refractivity contribution in [3.63, 3.8) is 0 Å². The number of hydrogen-bond donors (Lipinski definition) is 1. The molecule has 1 aromatic rings. The zero-order valence-electron chi connectivity index (χ0n) is 10.8. The van der Waals surface area contributed by atoms with Gasteiger partial charge in [-0.15, -0.1) is 0 Å². The van der Waals surface area contributed by atoms with E-state index in [2.05, 4.69) is 11.5 Å². The number of hydrazine groups is 1. The number of nitrogens with zero attached hydrogens (tertiary/aromatic N) is 1. The summed E-state index contributed by atoms with van der Waals surface area (Å²) in [5.74, 6) is -0.663. The first-order valence-electron chi connectivity index (χ1n) is 5.96. The molecule has 1 aromatic carbocycles. The van der Waals surface area contributed by atoms with Crippen molar-refractivity contribution in [3.8, 4) is 0 Å². The summed E-state index contributed by atoms with van der Waals surface area (Å²) in [6.45, 7) is 6.04. The molecule has 0 fully saturated rings. The number of rotatable bonds is 3. The average Bonchev–Trinajstić information content (AvgIpc) is 2.63. The smallest absolute Gasteiger partial charge is 0.272 e. The second-order valence-electron chi connectivity index (χ2n) is 4.43. The summed E-state index contributed by atoms with van der Waals surface area (Å²) >= 11 is 0. The highest BCUT2D eigenvalue weighted by molar-refractivity contribution is 6.13. The van der Waals surface area contributed by atoms with Gasteiger partial charge >= 0.3 is 0 Å². The van der Waals surface area contributed by atoms with Crippen molar-refractivity contribution in [2.75, 3.05) is 5.43 Å². The Balaban J connectivity index is 2.34. The van der Waals surface area contributed by atoms with Crippen LogP contribution < -0.4 is 5.43 Å². The molecule has 94 valence electrons. The SMILES string of the molecule is CCc1cc(C)cc(C)c1NN1C(=O)C=CC1=O. The van der Waals surface area contributed by atoms with Crippen molar-refractivity contribution in [2.45, 2.75) is 27.2 Å². The third-order valence-electron chi connectivity index (χ3n) is 2.98. The second-order valence-corrected chi connectivity index (χ2v) is 4.43. The summed E-state index contributed by atoms with van der Waals surface area (Å²) in [5.41, 5.74) is 7.07. The molecule has 1 aliphatic rings. The highest BCUT2D eigenvalue weighted by Gasteiger charge is 2.24. The van der Waals surface area contributed by atoms with Gasteiger partial charge < -0.3 is 0 Å². The number of imide groups is 1. The molecule has 2 rings (SSSR count). The fourth-order valence-corrected chi connectivity index (χ4v) is 2.12. The Hall–Kier alpha value is -2.10. The fourth-order valence-electron chi connectivity index (χ4n) is 2.12. The van der Waals surface area contributed by atoms with Gasteiger partial charge in [0.15, 0.2) is 0 Å². The number of aryl methyl sites for hydroxylation is 3. The number of nitrogens with one attached hydrogen (secondary N) is 1. The third kappa shape index (κ3) is 2.14. The molecule has 0 aromatic heterocycles. The lowest BCUT2D eigenvalue weighted by atomic mass is 10.0. The lowest BCUT2D eigenvalue weighted by Gasteiger charge is -2.21. The van der Waals surface area contributed by atoms with E-state index in [9.17, 15) is 9.59 Å². The molecule has 0 spiro atoms. The van der Waals surface area contributed by atoms with E-state index < -0.39 is 0 Å². The van der Waals surface area contributed by atoms with E-state index in [0.29, 0.717) is 0 Å². The molecule has 0 atom stereocenters. The van der Waals surface area contributed by atoms with Crippen LogP contribution in [0.2, 0.25) is 0 Å².